The third kappa shape index (κ3) is 4.37. The second-order valence-corrected chi connectivity index (χ2v) is 6.77. The van der Waals surface area contributed by atoms with Crippen molar-refractivity contribution in [2.24, 2.45) is 7.05 Å². The molecule has 0 saturated heterocycles. The van der Waals surface area contributed by atoms with E-state index < -0.39 is 11.7 Å². The number of benzene rings is 2. The minimum Gasteiger partial charge on any atom is -0.492 e. The van der Waals surface area contributed by atoms with Crippen LogP contribution in [0.5, 0.6) is 5.75 Å². The van der Waals surface area contributed by atoms with Gasteiger partial charge in [-0.2, -0.15) is 23.3 Å². The summed E-state index contributed by atoms with van der Waals surface area (Å²) in [5, 5.41) is 7.83. The second kappa shape index (κ2) is 8.13. The summed E-state index contributed by atoms with van der Waals surface area (Å²) in [5.74, 6) is 1.34. The van der Waals surface area contributed by atoms with Gasteiger partial charge in [-0.3, -0.25) is 4.68 Å². The zero-order valence-electron chi connectivity index (χ0n) is 16.5. The molecule has 10 heteroatoms. The number of fused-ring (bicyclic) bond motifs is 1. The van der Waals surface area contributed by atoms with Crippen molar-refractivity contribution in [1.29, 1.82) is 0 Å². The predicted octanol–water partition coefficient (Wildman–Crippen LogP) is 4.12. The van der Waals surface area contributed by atoms with Crippen LogP contribution in [0, 0.1) is 0 Å². The molecule has 4 aromatic rings. The number of alkyl halides is 3. The Bertz CT molecular complexity index is 1190. The number of ether oxygens (including phenoxy) is 1. The number of aromatic nitrogens is 4. The van der Waals surface area contributed by atoms with Crippen LogP contribution < -0.4 is 15.8 Å². The Kier molecular flexibility index (Phi) is 5.37. The maximum absolute atomic E-state index is 12.9. The molecule has 0 fully saturated rings. The number of hydrogen-bond acceptors (Lipinski definition) is 6. The van der Waals surface area contributed by atoms with Crippen molar-refractivity contribution in [3.05, 3.63) is 60.2 Å². The number of nitrogens with two attached hydrogens (primary N) is 1. The Balaban J connectivity index is 1.61. The highest BCUT2D eigenvalue weighted by molar-refractivity contribution is 5.98. The first-order valence-electron chi connectivity index (χ1n) is 9.42. The standard InChI is InChI=1S/C21H19F3N6O/c1-30-18(25)16-17(13-7-9-14(10-8-13)21(22,23)24)27-20(28-19(16)29-30)26-11-12-31-15-5-3-2-4-6-15/h2-10H,11-12,25H2,1H3,(H,26,28,29). The minimum atomic E-state index is -4.42. The van der Waals surface area contributed by atoms with E-state index in [0.717, 1.165) is 17.9 Å². The lowest BCUT2D eigenvalue weighted by atomic mass is 10.1. The van der Waals surface area contributed by atoms with Crippen molar-refractivity contribution in [3.8, 4) is 17.0 Å². The number of hydrogen-bond donors (Lipinski definition) is 2. The van der Waals surface area contributed by atoms with Gasteiger partial charge in [0.2, 0.25) is 5.95 Å². The highest BCUT2D eigenvalue weighted by Gasteiger charge is 2.30. The molecule has 0 atom stereocenters. The molecule has 2 heterocycles. The fourth-order valence-corrected chi connectivity index (χ4v) is 3.07. The largest absolute Gasteiger partial charge is 0.492 e. The average Bonchev–Trinajstić information content (AvgIpc) is 3.04. The molecular weight excluding hydrogens is 409 g/mol. The van der Waals surface area contributed by atoms with Crippen molar-refractivity contribution >= 4 is 22.8 Å². The molecular formula is C21H19F3N6O. The smallest absolute Gasteiger partial charge is 0.416 e. The molecule has 0 aliphatic carbocycles. The quantitative estimate of drug-likeness (QED) is 0.449. The van der Waals surface area contributed by atoms with E-state index in [4.69, 9.17) is 10.5 Å². The summed E-state index contributed by atoms with van der Waals surface area (Å²) >= 11 is 0. The lowest BCUT2D eigenvalue weighted by Gasteiger charge is -2.11. The second-order valence-electron chi connectivity index (χ2n) is 6.77. The van der Waals surface area contributed by atoms with Gasteiger partial charge in [0.15, 0.2) is 5.65 Å². The van der Waals surface area contributed by atoms with Crippen molar-refractivity contribution in [1.82, 2.24) is 19.7 Å². The van der Waals surface area contributed by atoms with Gasteiger partial charge in [0.25, 0.3) is 0 Å². The fourth-order valence-electron chi connectivity index (χ4n) is 3.07. The zero-order valence-corrected chi connectivity index (χ0v) is 16.5. The maximum Gasteiger partial charge on any atom is 0.416 e. The van der Waals surface area contributed by atoms with Gasteiger partial charge in [0, 0.05) is 12.6 Å². The van der Waals surface area contributed by atoms with Crippen LogP contribution in [0.1, 0.15) is 5.56 Å². The summed E-state index contributed by atoms with van der Waals surface area (Å²) < 4.78 is 45.9. The van der Waals surface area contributed by atoms with E-state index in [1.54, 1.807) is 7.05 Å². The van der Waals surface area contributed by atoms with Crippen molar-refractivity contribution in [2.45, 2.75) is 6.18 Å². The Morgan fingerprint density at radius 3 is 2.42 bits per heavy atom. The van der Waals surface area contributed by atoms with Crippen LogP contribution in [-0.4, -0.2) is 32.9 Å². The molecule has 160 valence electrons. The number of anilines is 2. The molecule has 0 amide bonds. The number of nitrogens with zero attached hydrogens (tertiary/aromatic N) is 4. The molecule has 4 rings (SSSR count). The van der Waals surface area contributed by atoms with Gasteiger partial charge >= 0.3 is 6.18 Å². The first-order valence-corrected chi connectivity index (χ1v) is 9.42. The molecule has 3 N–H and O–H groups in total. The first-order chi connectivity index (χ1) is 14.8. The van der Waals surface area contributed by atoms with Crippen LogP contribution >= 0.6 is 0 Å². The number of para-hydroxylation sites is 1. The van der Waals surface area contributed by atoms with Crippen molar-refractivity contribution < 1.29 is 17.9 Å². The molecule has 2 aromatic carbocycles. The monoisotopic (exact) mass is 428 g/mol. The third-order valence-corrected chi connectivity index (χ3v) is 4.62. The molecule has 0 radical (unpaired) electrons. The summed E-state index contributed by atoms with van der Waals surface area (Å²) in [6.07, 6.45) is -4.42. The number of rotatable bonds is 6. The average molecular weight is 428 g/mol. The lowest BCUT2D eigenvalue weighted by molar-refractivity contribution is -0.137. The maximum atomic E-state index is 12.9. The molecule has 31 heavy (non-hydrogen) atoms. The number of aryl methyl sites for hydroxylation is 1. The molecule has 0 aliphatic heterocycles. The Morgan fingerprint density at radius 2 is 1.74 bits per heavy atom. The Morgan fingerprint density at radius 1 is 1.03 bits per heavy atom. The molecule has 0 aliphatic rings. The van der Waals surface area contributed by atoms with Crippen LogP contribution in [0.4, 0.5) is 24.9 Å². The van der Waals surface area contributed by atoms with Crippen LogP contribution in [0.15, 0.2) is 54.6 Å². The normalized spacial score (nSPS) is 11.6. The minimum absolute atomic E-state index is 0.275. The zero-order chi connectivity index (χ0) is 22.0. The summed E-state index contributed by atoms with van der Waals surface area (Å²) in [5.41, 5.74) is 6.59. The number of nitrogens with one attached hydrogen (secondary N) is 1. The van der Waals surface area contributed by atoms with Crippen LogP contribution in [0.2, 0.25) is 0 Å². The van der Waals surface area contributed by atoms with E-state index >= 15 is 0 Å². The Labute approximate surface area is 175 Å². The molecule has 7 nitrogen and oxygen atoms in total. The van der Waals surface area contributed by atoms with E-state index in [2.05, 4.69) is 20.4 Å². The van der Waals surface area contributed by atoms with Crippen LogP contribution in [0.3, 0.4) is 0 Å². The van der Waals surface area contributed by atoms with Gasteiger partial charge < -0.3 is 15.8 Å². The van der Waals surface area contributed by atoms with Crippen molar-refractivity contribution in [3.63, 3.8) is 0 Å². The summed E-state index contributed by atoms with van der Waals surface area (Å²) in [4.78, 5) is 8.86. The van der Waals surface area contributed by atoms with Gasteiger partial charge in [0.05, 0.1) is 23.2 Å². The molecule has 2 aromatic heterocycles. The van der Waals surface area contributed by atoms with E-state index in [1.165, 1.54) is 16.8 Å². The first kappa shape index (κ1) is 20.5. The van der Waals surface area contributed by atoms with E-state index in [0.29, 0.717) is 41.3 Å². The van der Waals surface area contributed by atoms with Gasteiger partial charge in [-0.15, -0.1) is 0 Å². The Hall–Kier alpha value is -3.82. The highest BCUT2D eigenvalue weighted by Crippen LogP contribution is 2.34. The number of halogens is 3. The van der Waals surface area contributed by atoms with Crippen LogP contribution in [-0.2, 0) is 13.2 Å². The topological polar surface area (TPSA) is 90.9 Å². The van der Waals surface area contributed by atoms with Gasteiger partial charge in [0.1, 0.15) is 18.2 Å². The molecule has 0 spiro atoms. The van der Waals surface area contributed by atoms with E-state index in [9.17, 15) is 13.2 Å². The molecule has 0 unspecified atom stereocenters. The SMILES string of the molecule is Cn1nc2nc(NCCOc3ccccc3)nc(-c3ccc(C(F)(F)F)cc3)c2c1N. The number of nitrogen functional groups attached to an aromatic ring is 1. The van der Waals surface area contributed by atoms with Gasteiger partial charge in [-0.25, -0.2) is 4.98 Å². The molecule has 0 saturated carbocycles. The summed E-state index contributed by atoms with van der Waals surface area (Å²) in [6.45, 7) is 0.778. The van der Waals surface area contributed by atoms with E-state index in [-0.39, 0.29) is 5.95 Å². The summed E-state index contributed by atoms with van der Waals surface area (Å²) in [6, 6.07) is 14.1. The predicted molar refractivity (Wildman–Crippen MR) is 112 cm³/mol. The third-order valence-electron chi connectivity index (χ3n) is 4.62. The van der Waals surface area contributed by atoms with E-state index in [1.807, 2.05) is 30.3 Å². The van der Waals surface area contributed by atoms with Crippen LogP contribution in [0.25, 0.3) is 22.3 Å². The summed E-state index contributed by atoms with van der Waals surface area (Å²) in [7, 11) is 1.66. The highest BCUT2D eigenvalue weighted by atomic mass is 19.4. The molecule has 0 bridgehead atoms. The van der Waals surface area contributed by atoms with Gasteiger partial charge in [-0.1, -0.05) is 30.3 Å². The fraction of sp³-hybridized carbons (Fsp3) is 0.190. The van der Waals surface area contributed by atoms with Gasteiger partial charge in [-0.05, 0) is 24.3 Å². The lowest BCUT2D eigenvalue weighted by Crippen LogP contribution is -2.13. The van der Waals surface area contributed by atoms with Crippen molar-refractivity contribution in [2.75, 3.05) is 24.2 Å².